The largest absolute Gasteiger partial charge is 0.307 e. The molecule has 0 saturated carbocycles. The van der Waals surface area contributed by atoms with E-state index in [4.69, 9.17) is 0 Å². The monoisotopic (exact) mass is 377 g/mol. The van der Waals surface area contributed by atoms with Crippen molar-refractivity contribution in [3.05, 3.63) is 71.4 Å². The fourth-order valence-electron chi connectivity index (χ4n) is 5.21. The molecule has 0 aliphatic heterocycles. The van der Waals surface area contributed by atoms with Gasteiger partial charge in [-0.1, -0.05) is 38.1 Å². The van der Waals surface area contributed by atoms with E-state index >= 15 is 0 Å². The molecule has 2 nitrogen and oxygen atoms in total. The van der Waals surface area contributed by atoms with Gasteiger partial charge in [-0.2, -0.15) is 0 Å². The molecule has 0 amide bonds. The topological polar surface area (TPSA) is 8.29 Å². The summed E-state index contributed by atoms with van der Waals surface area (Å²) in [6, 6.07) is 18.3. The van der Waals surface area contributed by atoms with Gasteiger partial charge in [-0.25, -0.2) is 4.57 Å². The summed E-state index contributed by atoms with van der Waals surface area (Å²) in [6.45, 7) is 9.09. The van der Waals surface area contributed by atoms with Gasteiger partial charge in [0.25, 0.3) is 0 Å². The molecule has 0 unspecified atom stereocenters. The number of aryl methyl sites for hydroxylation is 3. The highest BCUT2D eigenvalue weighted by atomic mass is 15.0. The van der Waals surface area contributed by atoms with Crippen molar-refractivity contribution in [2.24, 2.45) is 7.05 Å². The summed E-state index contributed by atoms with van der Waals surface area (Å²) < 4.78 is 4.83. The molecule has 2 heteroatoms. The predicted octanol–water partition coefficient (Wildman–Crippen LogP) is 6.55. The fourth-order valence-corrected chi connectivity index (χ4v) is 5.21. The number of hydrogen-bond donors (Lipinski definition) is 0. The van der Waals surface area contributed by atoms with E-state index < -0.39 is 0 Å². The Kier molecular flexibility index (Phi) is 3.17. The van der Waals surface area contributed by atoms with Gasteiger partial charge >= 0.3 is 0 Å². The molecule has 0 radical (unpaired) electrons. The Morgan fingerprint density at radius 1 is 0.862 bits per heavy atom. The van der Waals surface area contributed by atoms with Crippen LogP contribution >= 0.6 is 0 Å². The van der Waals surface area contributed by atoms with Crippen molar-refractivity contribution in [1.82, 2.24) is 4.40 Å². The summed E-state index contributed by atoms with van der Waals surface area (Å²) >= 11 is 0. The second kappa shape index (κ2) is 5.48. The van der Waals surface area contributed by atoms with E-state index in [1.54, 1.807) is 0 Å². The molecule has 142 valence electrons. The highest BCUT2D eigenvalue weighted by molar-refractivity contribution is 6.26. The molecule has 6 rings (SSSR count). The van der Waals surface area contributed by atoms with Crippen LogP contribution in [0.2, 0.25) is 0 Å². The molecule has 0 saturated heterocycles. The lowest BCUT2D eigenvalue weighted by atomic mass is 9.94. The van der Waals surface area contributed by atoms with E-state index in [0.29, 0.717) is 5.92 Å². The Morgan fingerprint density at radius 2 is 1.66 bits per heavy atom. The van der Waals surface area contributed by atoms with E-state index in [1.807, 2.05) is 0 Å². The van der Waals surface area contributed by atoms with Crippen LogP contribution in [0.5, 0.6) is 0 Å². The molecule has 0 N–H and O–H groups in total. The average Bonchev–Trinajstić information content (AvgIpc) is 3.04. The number of aromatic nitrogens is 2. The average molecular weight is 378 g/mol. The predicted molar refractivity (Wildman–Crippen MR) is 123 cm³/mol. The summed E-state index contributed by atoms with van der Waals surface area (Å²) in [7, 11) is 2.18. The molecule has 0 atom stereocenters. The summed E-state index contributed by atoms with van der Waals surface area (Å²) in [5.74, 6) is 0.492. The van der Waals surface area contributed by atoms with Gasteiger partial charge in [0.15, 0.2) is 6.20 Å². The van der Waals surface area contributed by atoms with Crippen LogP contribution in [0.25, 0.3) is 49.0 Å². The number of rotatable bonds is 1. The van der Waals surface area contributed by atoms with Crippen LogP contribution in [-0.4, -0.2) is 4.40 Å². The molecule has 0 spiro atoms. The molecule has 29 heavy (non-hydrogen) atoms. The van der Waals surface area contributed by atoms with Crippen molar-refractivity contribution in [3.8, 4) is 0 Å². The third-order valence-corrected chi connectivity index (χ3v) is 6.86. The molecule has 0 fully saturated rings. The van der Waals surface area contributed by atoms with E-state index in [1.165, 1.54) is 65.7 Å². The number of fused-ring (bicyclic) bond motifs is 5. The fraction of sp³-hybridized carbons (Fsp3) is 0.222. The third-order valence-electron chi connectivity index (χ3n) is 6.86. The summed E-state index contributed by atoms with van der Waals surface area (Å²) in [5.41, 5.74) is 9.44. The first-order chi connectivity index (χ1) is 14.0. The van der Waals surface area contributed by atoms with Gasteiger partial charge in [0.1, 0.15) is 7.05 Å². The number of benzene rings is 3. The lowest BCUT2D eigenvalue weighted by Crippen LogP contribution is -2.29. The minimum atomic E-state index is 0.492. The van der Waals surface area contributed by atoms with E-state index in [9.17, 15) is 0 Å². The molecule has 6 aromatic rings. The maximum absolute atomic E-state index is 2.52. The van der Waals surface area contributed by atoms with Crippen molar-refractivity contribution in [2.75, 3.05) is 0 Å². The Bertz CT molecular complexity index is 1600. The normalized spacial score (nSPS) is 12.6. The highest BCUT2D eigenvalue weighted by Gasteiger charge is 2.25. The second-order valence-electron chi connectivity index (χ2n) is 8.88. The Balaban J connectivity index is 2.10. The van der Waals surface area contributed by atoms with Gasteiger partial charge in [0, 0.05) is 16.8 Å². The SMILES string of the molecule is Cc1cc2c3ccccc3n3c4cc(C(C)C)cc5cc[n+](C)c(c(c1C)c23)c54. The molecular formula is C27H25N2+. The minimum Gasteiger partial charge on any atom is -0.307 e. The van der Waals surface area contributed by atoms with Crippen molar-refractivity contribution in [3.63, 3.8) is 0 Å². The van der Waals surface area contributed by atoms with Crippen LogP contribution in [0, 0.1) is 13.8 Å². The van der Waals surface area contributed by atoms with Crippen LogP contribution in [0.15, 0.2) is 54.7 Å². The van der Waals surface area contributed by atoms with Crippen LogP contribution in [0.3, 0.4) is 0 Å². The zero-order valence-corrected chi connectivity index (χ0v) is 17.7. The van der Waals surface area contributed by atoms with Gasteiger partial charge in [0.2, 0.25) is 5.52 Å². The van der Waals surface area contributed by atoms with E-state index in [0.717, 1.165) is 0 Å². The summed E-state index contributed by atoms with van der Waals surface area (Å²) in [4.78, 5) is 0. The van der Waals surface area contributed by atoms with Gasteiger partial charge in [-0.05, 0) is 60.0 Å². The summed E-state index contributed by atoms with van der Waals surface area (Å²) in [5, 5.41) is 6.77. The van der Waals surface area contributed by atoms with Crippen molar-refractivity contribution in [2.45, 2.75) is 33.6 Å². The lowest BCUT2D eigenvalue weighted by molar-refractivity contribution is -0.643. The molecule has 3 heterocycles. The standard InChI is InChI=1S/C27H25N2/c1-15(2)19-13-18-10-11-28(5)27-24-17(4)16(3)12-21-20-8-6-7-9-22(20)29(26(21)24)23(14-19)25(18)27/h6-15H,1-5H3/q+1. The first-order valence-electron chi connectivity index (χ1n) is 10.5. The molecular weight excluding hydrogens is 352 g/mol. The van der Waals surface area contributed by atoms with Crippen LogP contribution < -0.4 is 4.57 Å². The number of nitrogens with zero attached hydrogens (tertiary/aromatic N) is 2. The molecule has 3 aromatic heterocycles. The van der Waals surface area contributed by atoms with Gasteiger partial charge in [-0.15, -0.1) is 0 Å². The molecule has 3 aromatic carbocycles. The maximum Gasteiger partial charge on any atom is 0.224 e. The first kappa shape index (κ1) is 16.8. The Labute approximate surface area is 170 Å². The van der Waals surface area contributed by atoms with Gasteiger partial charge in [0.05, 0.1) is 27.3 Å². The van der Waals surface area contributed by atoms with Crippen molar-refractivity contribution < 1.29 is 4.57 Å². The highest BCUT2D eigenvalue weighted by Crippen LogP contribution is 2.42. The van der Waals surface area contributed by atoms with Crippen molar-refractivity contribution >= 4 is 49.0 Å². The third kappa shape index (κ3) is 1.99. The molecule has 0 bridgehead atoms. The maximum atomic E-state index is 2.52. The zero-order chi connectivity index (χ0) is 20.0. The molecule has 0 aliphatic carbocycles. The van der Waals surface area contributed by atoms with Gasteiger partial charge in [-0.3, -0.25) is 0 Å². The molecule has 0 aliphatic rings. The minimum absolute atomic E-state index is 0.492. The Hall–Kier alpha value is -3.13. The van der Waals surface area contributed by atoms with Crippen LogP contribution in [0.1, 0.15) is 36.5 Å². The van der Waals surface area contributed by atoms with Crippen LogP contribution in [-0.2, 0) is 7.05 Å². The lowest BCUT2D eigenvalue weighted by Gasteiger charge is -2.16. The van der Waals surface area contributed by atoms with Crippen molar-refractivity contribution in [1.29, 1.82) is 0 Å². The zero-order valence-electron chi connectivity index (χ0n) is 17.7. The smallest absolute Gasteiger partial charge is 0.224 e. The van der Waals surface area contributed by atoms with E-state index in [2.05, 4.69) is 98.4 Å². The van der Waals surface area contributed by atoms with Gasteiger partial charge < -0.3 is 4.40 Å². The van der Waals surface area contributed by atoms with Crippen LogP contribution in [0.4, 0.5) is 0 Å². The second-order valence-corrected chi connectivity index (χ2v) is 8.88. The Morgan fingerprint density at radius 3 is 2.45 bits per heavy atom. The number of para-hydroxylation sites is 1. The number of pyridine rings is 2. The first-order valence-corrected chi connectivity index (χ1v) is 10.5. The summed E-state index contributed by atoms with van der Waals surface area (Å²) in [6.07, 6.45) is 2.22. The van der Waals surface area contributed by atoms with E-state index in [-0.39, 0.29) is 0 Å². The number of hydrogen-bond acceptors (Lipinski definition) is 0. The quantitative estimate of drug-likeness (QED) is 0.174.